The Balaban J connectivity index is 1.28. The zero-order chi connectivity index (χ0) is 28.2. The third kappa shape index (κ3) is 4.38. The van der Waals surface area contributed by atoms with Crippen LogP contribution in [0.15, 0.2) is 35.9 Å². The SMILES string of the molecule is C[C@]12CCC(=O)C=C1CC[C@@H]1[C@@H]2C(=O)C[C@@]2(C)[C@H]1CC[C@]2(O)C(=O)COC(=O)c1ccc(CO[N+](=O)[O-])cc1. The number of aliphatic hydroxyl groups is 1. The van der Waals surface area contributed by atoms with Crippen LogP contribution in [0.2, 0.25) is 0 Å². The molecule has 0 spiro atoms. The monoisotopic (exact) mass is 539 g/mol. The fourth-order valence-corrected chi connectivity index (χ4v) is 8.04. The van der Waals surface area contributed by atoms with E-state index in [1.165, 1.54) is 24.3 Å². The number of rotatable bonds is 7. The van der Waals surface area contributed by atoms with Crippen LogP contribution >= 0.6 is 0 Å². The number of nitrogens with zero attached hydrogens (tertiary/aromatic N) is 1. The summed E-state index contributed by atoms with van der Waals surface area (Å²) >= 11 is 0. The minimum Gasteiger partial charge on any atom is -0.454 e. The van der Waals surface area contributed by atoms with Crippen LogP contribution in [0.25, 0.3) is 0 Å². The maximum absolute atomic E-state index is 13.7. The average molecular weight is 540 g/mol. The minimum absolute atomic E-state index is 0.0220. The van der Waals surface area contributed by atoms with Gasteiger partial charge in [0.1, 0.15) is 18.0 Å². The second kappa shape index (κ2) is 9.66. The van der Waals surface area contributed by atoms with Crippen molar-refractivity contribution in [3.63, 3.8) is 0 Å². The van der Waals surface area contributed by atoms with Gasteiger partial charge in [0, 0.05) is 24.2 Å². The Hall–Kier alpha value is -3.40. The van der Waals surface area contributed by atoms with E-state index in [0.717, 1.165) is 18.4 Å². The molecule has 0 saturated heterocycles. The Labute approximate surface area is 225 Å². The van der Waals surface area contributed by atoms with Gasteiger partial charge < -0.3 is 14.7 Å². The molecule has 5 rings (SSSR count). The number of Topliss-reactive ketones (excluding diaryl/α,β-unsaturated/α-hetero) is 2. The molecule has 0 aromatic heterocycles. The molecular weight excluding hydrogens is 506 g/mol. The van der Waals surface area contributed by atoms with Crippen molar-refractivity contribution in [2.75, 3.05) is 6.61 Å². The van der Waals surface area contributed by atoms with Gasteiger partial charge in [-0.3, -0.25) is 14.4 Å². The normalized spacial score (nSPS) is 35.3. The topological polar surface area (TPSA) is 150 Å². The molecule has 10 heteroatoms. The van der Waals surface area contributed by atoms with Crippen LogP contribution in [0, 0.1) is 38.7 Å². The molecule has 3 saturated carbocycles. The Bertz CT molecular complexity index is 1270. The van der Waals surface area contributed by atoms with Crippen molar-refractivity contribution in [3.8, 4) is 0 Å². The first-order chi connectivity index (χ1) is 18.4. The first-order valence-electron chi connectivity index (χ1n) is 13.4. The van der Waals surface area contributed by atoms with Crippen LogP contribution in [0.5, 0.6) is 0 Å². The molecule has 0 aliphatic heterocycles. The highest BCUT2D eigenvalue weighted by Gasteiger charge is 2.68. The zero-order valence-corrected chi connectivity index (χ0v) is 22.1. The third-order valence-electron chi connectivity index (χ3n) is 10.1. The summed E-state index contributed by atoms with van der Waals surface area (Å²) in [6.45, 7) is 3.03. The van der Waals surface area contributed by atoms with E-state index in [4.69, 9.17) is 4.74 Å². The van der Waals surface area contributed by atoms with E-state index in [0.29, 0.717) is 24.8 Å². The molecule has 1 aromatic rings. The quantitative estimate of drug-likeness (QED) is 0.312. The number of ketones is 3. The van der Waals surface area contributed by atoms with Gasteiger partial charge in [-0.15, -0.1) is 10.1 Å². The largest absolute Gasteiger partial charge is 0.454 e. The van der Waals surface area contributed by atoms with Crippen molar-refractivity contribution >= 4 is 23.3 Å². The lowest BCUT2D eigenvalue weighted by atomic mass is 9.46. The van der Waals surface area contributed by atoms with Gasteiger partial charge in [0.25, 0.3) is 5.09 Å². The molecule has 0 radical (unpaired) electrons. The third-order valence-corrected chi connectivity index (χ3v) is 10.1. The van der Waals surface area contributed by atoms with Crippen LogP contribution in [0.3, 0.4) is 0 Å². The summed E-state index contributed by atoms with van der Waals surface area (Å²) in [6, 6.07) is 5.79. The van der Waals surface area contributed by atoms with Crippen molar-refractivity contribution in [1.29, 1.82) is 0 Å². The molecular formula is C29H33NO9. The van der Waals surface area contributed by atoms with Crippen molar-refractivity contribution in [2.24, 2.45) is 28.6 Å². The summed E-state index contributed by atoms with van der Waals surface area (Å²) in [7, 11) is 0. The van der Waals surface area contributed by atoms with Crippen LogP contribution in [-0.4, -0.2) is 45.7 Å². The van der Waals surface area contributed by atoms with Gasteiger partial charge >= 0.3 is 5.97 Å². The van der Waals surface area contributed by atoms with Gasteiger partial charge in [-0.25, -0.2) is 4.79 Å². The highest BCUT2D eigenvalue weighted by molar-refractivity contribution is 5.96. The number of allylic oxidation sites excluding steroid dienone is 1. The molecule has 0 unspecified atom stereocenters. The Kier molecular flexibility index (Phi) is 6.73. The van der Waals surface area contributed by atoms with Gasteiger partial charge in [-0.05, 0) is 73.1 Å². The number of carbonyl (C=O) groups excluding carboxylic acids is 4. The molecule has 10 nitrogen and oxygen atoms in total. The van der Waals surface area contributed by atoms with Gasteiger partial charge in [0.05, 0.1) is 5.56 Å². The first-order valence-corrected chi connectivity index (χ1v) is 13.4. The zero-order valence-electron chi connectivity index (χ0n) is 22.1. The van der Waals surface area contributed by atoms with Crippen molar-refractivity contribution in [1.82, 2.24) is 0 Å². The second-order valence-corrected chi connectivity index (χ2v) is 12.0. The van der Waals surface area contributed by atoms with E-state index in [9.17, 15) is 34.4 Å². The van der Waals surface area contributed by atoms with E-state index >= 15 is 0 Å². The fraction of sp³-hybridized carbons (Fsp3) is 0.586. The molecule has 6 atom stereocenters. The number of esters is 1. The number of ether oxygens (including phenoxy) is 1. The Morgan fingerprint density at radius 3 is 2.51 bits per heavy atom. The van der Waals surface area contributed by atoms with Gasteiger partial charge in [-0.2, -0.15) is 0 Å². The lowest BCUT2D eigenvalue weighted by Crippen LogP contribution is -2.61. The summed E-state index contributed by atoms with van der Waals surface area (Å²) in [5, 5.41) is 21.2. The van der Waals surface area contributed by atoms with Crippen molar-refractivity contribution in [2.45, 2.75) is 71.0 Å². The van der Waals surface area contributed by atoms with Crippen molar-refractivity contribution < 1.29 is 38.9 Å². The standard InChI is InChI=1S/C29H33NO9/c1-27-11-9-20(31)13-19(27)7-8-21-22-10-12-29(35,28(22,2)14-23(32)25(21)27)24(33)16-38-26(34)18-5-3-17(4-6-18)15-39-30(36)37/h3-6,13,21-22,25,35H,7-12,14-16H2,1-2H3/t21-,22-,25+,27-,28-,29-/m0/s1. The van der Waals surface area contributed by atoms with Gasteiger partial charge in [0.15, 0.2) is 12.4 Å². The molecule has 4 aliphatic rings. The molecule has 0 bridgehead atoms. The van der Waals surface area contributed by atoms with Gasteiger partial charge in [0.2, 0.25) is 5.78 Å². The fourth-order valence-electron chi connectivity index (χ4n) is 8.04. The number of benzene rings is 1. The maximum Gasteiger partial charge on any atom is 0.338 e. The average Bonchev–Trinajstić information content (AvgIpc) is 3.17. The summed E-state index contributed by atoms with van der Waals surface area (Å²) in [6.07, 6.45) is 5.17. The molecule has 1 N–H and O–H groups in total. The lowest BCUT2D eigenvalue weighted by molar-refractivity contribution is -0.763. The van der Waals surface area contributed by atoms with Crippen LogP contribution in [0.4, 0.5) is 0 Å². The van der Waals surface area contributed by atoms with E-state index in [-0.39, 0.29) is 59.7 Å². The number of carbonyl (C=O) groups is 4. The van der Waals surface area contributed by atoms with Gasteiger partial charge in [-0.1, -0.05) is 31.6 Å². The van der Waals surface area contributed by atoms with E-state index in [1.54, 1.807) is 6.08 Å². The van der Waals surface area contributed by atoms with E-state index in [1.807, 2.05) is 6.92 Å². The van der Waals surface area contributed by atoms with Crippen LogP contribution in [0.1, 0.15) is 74.7 Å². The second-order valence-electron chi connectivity index (χ2n) is 12.0. The molecule has 0 heterocycles. The Morgan fingerprint density at radius 2 is 1.82 bits per heavy atom. The highest BCUT2D eigenvalue weighted by Crippen LogP contribution is 2.66. The summed E-state index contributed by atoms with van der Waals surface area (Å²) in [4.78, 5) is 66.4. The molecule has 208 valence electrons. The molecule has 1 aromatic carbocycles. The molecule has 3 fully saturated rings. The highest BCUT2D eigenvalue weighted by atomic mass is 16.9. The summed E-state index contributed by atoms with van der Waals surface area (Å²) in [5.74, 6) is -1.47. The summed E-state index contributed by atoms with van der Waals surface area (Å²) < 4.78 is 5.25. The minimum atomic E-state index is -1.79. The summed E-state index contributed by atoms with van der Waals surface area (Å²) in [5.41, 5.74) is -1.42. The predicted octanol–water partition coefficient (Wildman–Crippen LogP) is 3.56. The van der Waals surface area contributed by atoms with E-state index < -0.39 is 34.5 Å². The Morgan fingerprint density at radius 1 is 1.10 bits per heavy atom. The number of fused-ring (bicyclic) bond motifs is 5. The van der Waals surface area contributed by atoms with Crippen LogP contribution in [-0.2, 0) is 30.6 Å². The number of hydrogen-bond acceptors (Lipinski definition) is 9. The van der Waals surface area contributed by atoms with Crippen LogP contribution < -0.4 is 0 Å². The molecule has 4 aliphatic carbocycles. The van der Waals surface area contributed by atoms with Crippen molar-refractivity contribution in [3.05, 3.63) is 57.2 Å². The lowest BCUT2D eigenvalue weighted by Gasteiger charge is -2.57. The smallest absolute Gasteiger partial charge is 0.338 e. The van der Waals surface area contributed by atoms with E-state index in [2.05, 4.69) is 11.8 Å². The molecule has 39 heavy (non-hydrogen) atoms. The predicted molar refractivity (Wildman–Crippen MR) is 136 cm³/mol. The molecule has 0 amide bonds. The first kappa shape index (κ1) is 27.2. The maximum atomic E-state index is 13.7. The number of hydrogen-bond donors (Lipinski definition) is 1.